The van der Waals surface area contributed by atoms with Crippen molar-refractivity contribution in [1.29, 1.82) is 0 Å². The summed E-state index contributed by atoms with van der Waals surface area (Å²) in [7, 11) is 0. The van der Waals surface area contributed by atoms with Gasteiger partial charge in [0.15, 0.2) is 11.5 Å². The van der Waals surface area contributed by atoms with E-state index >= 15 is 0 Å². The van der Waals surface area contributed by atoms with Crippen LogP contribution in [0.15, 0.2) is 54.9 Å². The predicted octanol–water partition coefficient (Wildman–Crippen LogP) is 3.26. The highest BCUT2D eigenvalue weighted by molar-refractivity contribution is 6.28. The largest absolute Gasteiger partial charge is 0.479 e. The number of hydrogen-bond donors (Lipinski definition) is 4. The molecule has 5 N–H and O–H groups in total. The number of carboxylic acid groups (broad SMARTS) is 2. The maximum atomic E-state index is 14.3. The number of aliphatic carboxylic acids is 2. The number of benzene rings is 2. The average molecular weight is 646 g/mol. The van der Waals surface area contributed by atoms with E-state index in [0.717, 1.165) is 0 Å². The number of nitrogens with two attached hydrogens (primary N) is 1. The summed E-state index contributed by atoms with van der Waals surface area (Å²) in [6.45, 7) is 2.33. The molecule has 2 heterocycles. The van der Waals surface area contributed by atoms with Gasteiger partial charge < -0.3 is 35.3 Å². The fourth-order valence-electron chi connectivity index (χ4n) is 4.53. The van der Waals surface area contributed by atoms with Gasteiger partial charge in [0.1, 0.15) is 17.8 Å². The first kappa shape index (κ1) is 33.2. The van der Waals surface area contributed by atoms with Crippen molar-refractivity contribution >= 4 is 46.5 Å². The number of carbonyl (C=O) groups is 3. The fourth-order valence-corrected chi connectivity index (χ4v) is 4.70. The van der Waals surface area contributed by atoms with Crippen molar-refractivity contribution in [3.8, 4) is 11.1 Å². The molecule has 0 aliphatic rings. The molecule has 14 nitrogen and oxygen atoms in total. The highest BCUT2D eigenvalue weighted by atomic mass is 35.5. The van der Waals surface area contributed by atoms with Gasteiger partial charge in [0.05, 0.1) is 25.1 Å². The van der Waals surface area contributed by atoms with Crippen LogP contribution in [0.1, 0.15) is 36.0 Å². The van der Waals surface area contributed by atoms with Crippen molar-refractivity contribution < 1.29 is 48.3 Å². The van der Waals surface area contributed by atoms with Crippen LogP contribution in [0.3, 0.4) is 0 Å². The normalized spacial score (nSPS) is 13.7. The van der Waals surface area contributed by atoms with Crippen molar-refractivity contribution in [2.45, 2.75) is 44.6 Å². The number of carboxylic acids is 2. The predicted molar refractivity (Wildman–Crippen MR) is 157 cm³/mol. The first-order valence-electron chi connectivity index (χ1n) is 13.5. The van der Waals surface area contributed by atoms with Crippen molar-refractivity contribution in [2.75, 3.05) is 18.9 Å². The van der Waals surface area contributed by atoms with Gasteiger partial charge in [-0.15, -0.1) is 0 Å². The first-order valence-corrected chi connectivity index (χ1v) is 13.8. The van der Waals surface area contributed by atoms with Gasteiger partial charge in [0, 0.05) is 6.42 Å². The molecule has 0 aliphatic carbocycles. The van der Waals surface area contributed by atoms with E-state index in [4.69, 9.17) is 31.5 Å². The molecule has 0 saturated carbocycles. The highest BCUT2D eigenvalue weighted by Crippen LogP contribution is 2.28. The Morgan fingerprint density at radius 2 is 1.76 bits per heavy atom. The highest BCUT2D eigenvalue weighted by Gasteiger charge is 2.49. The summed E-state index contributed by atoms with van der Waals surface area (Å²) >= 11 is 5.88. The molecule has 0 unspecified atom stereocenters. The summed E-state index contributed by atoms with van der Waals surface area (Å²) in [6.07, 6.45) is -5.06. The van der Waals surface area contributed by atoms with Gasteiger partial charge in [-0.05, 0) is 48.2 Å². The van der Waals surface area contributed by atoms with Crippen molar-refractivity contribution in [2.24, 2.45) is 0 Å². The molecule has 238 valence electrons. The zero-order valence-electron chi connectivity index (χ0n) is 24.0. The van der Waals surface area contributed by atoms with Gasteiger partial charge in [-0.2, -0.15) is 9.97 Å². The molecule has 0 fully saturated rings. The van der Waals surface area contributed by atoms with Gasteiger partial charge in [0.2, 0.25) is 11.6 Å². The van der Waals surface area contributed by atoms with Gasteiger partial charge >= 0.3 is 17.9 Å². The summed E-state index contributed by atoms with van der Waals surface area (Å²) in [6, 6.07) is 12.8. The average Bonchev–Trinajstić information content (AvgIpc) is 3.43. The number of esters is 1. The molecule has 0 radical (unpaired) electrons. The number of hydrogen-bond acceptors (Lipinski definition) is 11. The maximum Gasteiger partial charge on any atom is 0.348 e. The second-order valence-electron chi connectivity index (χ2n) is 9.74. The summed E-state index contributed by atoms with van der Waals surface area (Å²) < 4.78 is 31.6. The van der Waals surface area contributed by atoms with Crippen LogP contribution in [0.4, 0.5) is 10.2 Å². The molecule has 16 heteroatoms. The van der Waals surface area contributed by atoms with E-state index in [1.165, 1.54) is 30.0 Å². The molecule has 3 atom stereocenters. The Balaban J connectivity index is 1.54. The maximum absolute atomic E-state index is 14.3. The third kappa shape index (κ3) is 7.17. The molecule has 4 rings (SSSR count). The summed E-state index contributed by atoms with van der Waals surface area (Å²) in [5, 5.41) is 29.5. The minimum Gasteiger partial charge on any atom is -0.479 e. The Labute approximate surface area is 260 Å². The van der Waals surface area contributed by atoms with Crippen molar-refractivity contribution in [1.82, 2.24) is 19.5 Å². The lowest BCUT2D eigenvalue weighted by Crippen LogP contribution is -2.53. The summed E-state index contributed by atoms with van der Waals surface area (Å²) in [5.74, 6) is -4.28. The summed E-state index contributed by atoms with van der Waals surface area (Å²) in [4.78, 5) is 48.9. The Morgan fingerprint density at radius 3 is 2.38 bits per heavy atom. The van der Waals surface area contributed by atoms with E-state index in [1.807, 2.05) is 0 Å². The van der Waals surface area contributed by atoms with Crippen LogP contribution in [0.5, 0.6) is 0 Å². The molecule has 0 spiro atoms. The number of rotatable bonds is 14. The van der Waals surface area contributed by atoms with Crippen molar-refractivity contribution in [3.63, 3.8) is 0 Å². The van der Waals surface area contributed by atoms with Gasteiger partial charge in [-0.1, -0.05) is 42.5 Å². The van der Waals surface area contributed by atoms with Crippen LogP contribution in [0, 0.1) is 0 Å². The lowest BCUT2D eigenvalue weighted by atomic mass is 9.92. The number of nitrogen functional groups attached to an aromatic ring is 1. The zero-order valence-corrected chi connectivity index (χ0v) is 24.7. The number of anilines is 1. The van der Waals surface area contributed by atoms with E-state index in [1.54, 1.807) is 43.3 Å². The molecule has 45 heavy (non-hydrogen) atoms. The number of alkyl halides is 1. The number of imidazole rings is 1. The Bertz CT molecular complexity index is 1690. The molecule has 2 aromatic carbocycles. The van der Waals surface area contributed by atoms with Crippen LogP contribution >= 0.6 is 11.6 Å². The second-order valence-corrected chi connectivity index (χ2v) is 10.1. The summed E-state index contributed by atoms with van der Waals surface area (Å²) in [5.41, 5.74) is 4.91. The molecular formula is C29H29ClFN5O9. The Hall–Kier alpha value is -4.70. The molecule has 4 aromatic rings. The number of carbonyl (C=O) groups excluding carboxylic acids is 1. The lowest BCUT2D eigenvalue weighted by molar-refractivity contribution is -0.204. The Morgan fingerprint density at radius 1 is 1.09 bits per heavy atom. The van der Waals surface area contributed by atoms with E-state index < -0.39 is 55.2 Å². The fraction of sp³-hybridized carbons (Fsp3) is 0.310. The third-order valence-electron chi connectivity index (χ3n) is 6.82. The number of nitrogens with zero attached hydrogens (tertiary/aromatic N) is 4. The van der Waals surface area contributed by atoms with Crippen LogP contribution in [0.25, 0.3) is 22.3 Å². The standard InChI is InChI=1S/C29H29ClFN5O9/c1-3-43-25(38)19-7-5-4-6-18(19)17-10-8-16(9-11-17)12-29(26(39)40,27(41)42)44-13-20(22(31)37)45-15(2)36-14-33-21-23(32)34-28(30)35-24(21)36/h4-11,14-15,20,22,37H,3,12-13H2,1-2H3,(H,39,40)(H,41,42)(H2,32,34,35)/t15-,20-,22-/m1/s1. The Kier molecular flexibility index (Phi) is 10.3. The lowest BCUT2D eigenvalue weighted by Gasteiger charge is -2.29. The number of fused-ring (bicyclic) bond motifs is 1. The molecule has 0 saturated heterocycles. The SMILES string of the molecule is CCOC(=O)c1ccccc1-c1ccc(CC(OC[C@@H](O[C@H](C)n2cnc3c(N)nc(Cl)nc32)[C@@H](O)F)(C(=O)O)C(=O)O)cc1. The number of aliphatic hydroxyl groups is 1. The van der Waals surface area contributed by atoms with Crippen LogP contribution < -0.4 is 5.73 Å². The van der Waals surface area contributed by atoms with Crippen LogP contribution in [-0.4, -0.2) is 84.0 Å². The zero-order chi connectivity index (χ0) is 32.9. The molecule has 0 aliphatic heterocycles. The first-order chi connectivity index (χ1) is 21.4. The smallest absolute Gasteiger partial charge is 0.348 e. The topological polar surface area (TPSA) is 209 Å². The number of ether oxygens (including phenoxy) is 3. The quantitative estimate of drug-likeness (QED) is 0.0882. The molecule has 2 aromatic heterocycles. The van der Waals surface area contributed by atoms with E-state index in [9.17, 15) is 34.1 Å². The number of aromatic nitrogens is 4. The molecule has 0 amide bonds. The molecular weight excluding hydrogens is 617 g/mol. The second kappa shape index (κ2) is 13.9. The number of aliphatic hydroxyl groups excluding tert-OH is 1. The van der Waals surface area contributed by atoms with E-state index in [-0.39, 0.29) is 34.4 Å². The van der Waals surface area contributed by atoms with Crippen molar-refractivity contribution in [3.05, 3.63) is 71.3 Å². The third-order valence-corrected chi connectivity index (χ3v) is 6.99. The monoisotopic (exact) mass is 645 g/mol. The van der Waals surface area contributed by atoms with Gasteiger partial charge in [0.25, 0.3) is 5.60 Å². The van der Waals surface area contributed by atoms with E-state index in [2.05, 4.69) is 15.0 Å². The van der Waals surface area contributed by atoms with Gasteiger partial charge in [-0.25, -0.2) is 23.8 Å². The number of halogens is 2. The van der Waals surface area contributed by atoms with E-state index in [0.29, 0.717) is 16.7 Å². The minimum atomic E-state index is -2.89. The van der Waals surface area contributed by atoms with Crippen LogP contribution in [-0.2, 0) is 30.2 Å². The van der Waals surface area contributed by atoms with Gasteiger partial charge in [-0.3, -0.25) is 4.57 Å². The molecule has 0 bridgehead atoms. The minimum absolute atomic E-state index is 0.0229. The van der Waals surface area contributed by atoms with Crippen LogP contribution in [0.2, 0.25) is 5.28 Å².